The Hall–Kier alpha value is -1.51. The van der Waals surface area contributed by atoms with Crippen molar-refractivity contribution in [3.05, 3.63) is 58.6 Å². The third-order valence-electron chi connectivity index (χ3n) is 2.82. The molecule has 0 aliphatic carbocycles. The average Bonchev–Trinajstić information content (AvgIpc) is 2.35. The molecule has 0 radical (unpaired) electrons. The second-order valence-corrected chi connectivity index (χ2v) is 5.23. The van der Waals surface area contributed by atoms with Crippen LogP contribution in [0.5, 0.6) is 11.5 Å². The van der Waals surface area contributed by atoms with Crippen molar-refractivity contribution in [2.45, 2.75) is 26.3 Å². The van der Waals surface area contributed by atoms with Crippen LogP contribution in [0.25, 0.3) is 0 Å². The largest absolute Gasteiger partial charge is 0.456 e. The Morgan fingerprint density at radius 1 is 1.16 bits per heavy atom. The average molecular weight is 276 g/mol. The summed E-state index contributed by atoms with van der Waals surface area (Å²) in [6.07, 6.45) is 0.777. The number of ether oxygens (including phenoxy) is 1. The van der Waals surface area contributed by atoms with Crippen LogP contribution < -0.4 is 10.5 Å². The van der Waals surface area contributed by atoms with Gasteiger partial charge < -0.3 is 10.5 Å². The van der Waals surface area contributed by atoms with E-state index in [2.05, 4.69) is 0 Å². The molecule has 3 heteroatoms. The first-order valence-electron chi connectivity index (χ1n) is 6.34. The maximum atomic E-state index is 6.15. The van der Waals surface area contributed by atoms with E-state index in [-0.39, 0.29) is 6.04 Å². The molecule has 2 aromatic carbocycles. The first-order valence-corrected chi connectivity index (χ1v) is 6.71. The molecule has 100 valence electrons. The molecule has 0 bridgehead atoms. The van der Waals surface area contributed by atoms with Crippen LogP contribution >= 0.6 is 11.6 Å². The highest BCUT2D eigenvalue weighted by Crippen LogP contribution is 2.32. The van der Waals surface area contributed by atoms with E-state index in [1.54, 1.807) is 0 Å². The van der Waals surface area contributed by atoms with Crippen molar-refractivity contribution in [3.8, 4) is 11.5 Å². The molecular formula is C16H18ClNO. The zero-order valence-corrected chi connectivity index (χ0v) is 11.9. The maximum absolute atomic E-state index is 6.15. The van der Waals surface area contributed by atoms with Gasteiger partial charge >= 0.3 is 0 Å². The summed E-state index contributed by atoms with van der Waals surface area (Å²) in [5, 5.41) is 0.612. The van der Waals surface area contributed by atoms with Crippen molar-refractivity contribution in [1.29, 1.82) is 0 Å². The summed E-state index contributed by atoms with van der Waals surface area (Å²) in [6.45, 7) is 3.99. The summed E-state index contributed by atoms with van der Waals surface area (Å²) in [5.74, 6) is 1.49. The van der Waals surface area contributed by atoms with Crippen LogP contribution in [-0.2, 0) is 6.42 Å². The first kappa shape index (κ1) is 13.9. The van der Waals surface area contributed by atoms with Crippen LogP contribution in [0, 0.1) is 6.92 Å². The zero-order valence-electron chi connectivity index (χ0n) is 11.2. The fourth-order valence-electron chi connectivity index (χ4n) is 1.93. The van der Waals surface area contributed by atoms with Crippen LogP contribution in [0.2, 0.25) is 5.02 Å². The van der Waals surface area contributed by atoms with Gasteiger partial charge in [-0.1, -0.05) is 35.9 Å². The Morgan fingerprint density at radius 2 is 1.89 bits per heavy atom. The lowest BCUT2D eigenvalue weighted by atomic mass is 10.1. The van der Waals surface area contributed by atoms with Gasteiger partial charge in [0.1, 0.15) is 11.5 Å². The van der Waals surface area contributed by atoms with E-state index in [9.17, 15) is 0 Å². The van der Waals surface area contributed by atoms with E-state index in [1.165, 1.54) is 0 Å². The van der Waals surface area contributed by atoms with Crippen LogP contribution in [0.3, 0.4) is 0 Å². The zero-order chi connectivity index (χ0) is 13.8. The predicted octanol–water partition coefficient (Wildman–Crippen LogP) is 4.33. The molecule has 2 nitrogen and oxygen atoms in total. The van der Waals surface area contributed by atoms with E-state index in [1.807, 2.05) is 56.3 Å². The maximum Gasteiger partial charge on any atom is 0.146 e. The predicted molar refractivity (Wildman–Crippen MR) is 80.1 cm³/mol. The summed E-state index contributed by atoms with van der Waals surface area (Å²) in [5.41, 5.74) is 8.07. The molecule has 1 unspecified atom stereocenters. The van der Waals surface area contributed by atoms with Crippen molar-refractivity contribution in [1.82, 2.24) is 0 Å². The molecular weight excluding hydrogens is 258 g/mol. The van der Waals surface area contributed by atoms with Crippen LogP contribution in [-0.4, -0.2) is 6.04 Å². The molecule has 0 heterocycles. The van der Waals surface area contributed by atoms with E-state index >= 15 is 0 Å². The minimum Gasteiger partial charge on any atom is -0.456 e. The third-order valence-corrected chi connectivity index (χ3v) is 3.13. The van der Waals surface area contributed by atoms with Crippen LogP contribution in [0.4, 0.5) is 0 Å². The summed E-state index contributed by atoms with van der Waals surface area (Å²) in [4.78, 5) is 0. The number of rotatable bonds is 4. The smallest absolute Gasteiger partial charge is 0.146 e. The molecule has 0 aliphatic heterocycles. The summed E-state index contributed by atoms with van der Waals surface area (Å²) < 4.78 is 5.93. The SMILES string of the molecule is Cc1ccc(Cl)c(Oc2ccccc2CC(C)N)c1. The molecule has 0 saturated heterocycles. The molecule has 2 rings (SSSR count). The van der Waals surface area contributed by atoms with Gasteiger partial charge in [0, 0.05) is 6.04 Å². The fraction of sp³-hybridized carbons (Fsp3) is 0.250. The second kappa shape index (κ2) is 6.09. The highest BCUT2D eigenvalue weighted by molar-refractivity contribution is 6.32. The quantitative estimate of drug-likeness (QED) is 0.901. The summed E-state index contributed by atoms with van der Waals surface area (Å²) >= 11 is 6.15. The molecule has 0 fully saturated rings. The van der Waals surface area contributed by atoms with Gasteiger partial charge in [0.15, 0.2) is 0 Å². The van der Waals surface area contributed by atoms with Gasteiger partial charge in [-0.2, -0.15) is 0 Å². The van der Waals surface area contributed by atoms with Gasteiger partial charge in [0.05, 0.1) is 5.02 Å². The molecule has 0 saturated carbocycles. The van der Waals surface area contributed by atoms with Gasteiger partial charge in [-0.15, -0.1) is 0 Å². The highest BCUT2D eigenvalue weighted by Gasteiger charge is 2.09. The second-order valence-electron chi connectivity index (χ2n) is 4.83. The fourth-order valence-corrected chi connectivity index (χ4v) is 2.08. The lowest BCUT2D eigenvalue weighted by molar-refractivity contribution is 0.473. The Kier molecular flexibility index (Phi) is 4.46. The topological polar surface area (TPSA) is 35.2 Å². The van der Waals surface area contributed by atoms with Gasteiger partial charge in [0.25, 0.3) is 0 Å². The molecule has 0 amide bonds. The van der Waals surface area contributed by atoms with Gasteiger partial charge in [-0.05, 0) is 49.6 Å². The van der Waals surface area contributed by atoms with Crippen molar-refractivity contribution >= 4 is 11.6 Å². The Balaban J connectivity index is 2.30. The van der Waals surface area contributed by atoms with Crippen molar-refractivity contribution in [3.63, 3.8) is 0 Å². The van der Waals surface area contributed by atoms with E-state index in [4.69, 9.17) is 22.1 Å². The Labute approximate surface area is 119 Å². The number of hydrogen-bond acceptors (Lipinski definition) is 2. The monoisotopic (exact) mass is 275 g/mol. The molecule has 1 atom stereocenters. The molecule has 19 heavy (non-hydrogen) atoms. The number of benzene rings is 2. The van der Waals surface area contributed by atoms with E-state index in [0.717, 1.165) is 23.3 Å². The van der Waals surface area contributed by atoms with Gasteiger partial charge in [-0.3, -0.25) is 0 Å². The Bertz CT molecular complexity index is 566. The number of aryl methyl sites for hydroxylation is 1. The lowest BCUT2D eigenvalue weighted by Crippen LogP contribution is -2.18. The number of halogens is 1. The minimum absolute atomic E-state index is 0.0951. The van der Waals surface area contributed by atoms with Crippen molar-refractivity contribution in [2.75, 3.05) is 0 Å². The van der Waals surface area contributed by atoms with Gasteiger partial charge in [-0.25, -0.2) is 0 Å². The summed E-state index contributed by atoms with van der Waals surface area (Å²) in [7, 11) is 0. The van der Waals surface area contributed by atoms with Gasteiger partial charge in [0.2, 0.25) is 0 Å². The Morgan fingerprint density at radius 3 is 2.63 bits per heavy atom. The van der Waals surface area contributed by atoms with Crippen LogP contribution in [0.15, 0.2) is 42.5 Å². The number of para-hydroxylation sites is 1. The third kappa shape index (κ3) is 3.72. The lowest BCUT2D eigenvalue weighted by Gasteiger charge is -2.14. The first-order chi connectivity index (χ1) is 9.06. The minimum atomic E-state index is 0.0951. The molecule has 0 spiro atoms. The number of hydrogen-bond donors (Lipinski definition) is 1. The standard InChI is InChI=1S/C16H18ClNO/c1-11-7-8-14(17)16(9-11)19-15-6-4-3-5-13(15)10-12(2)18/h3-9,12H,10,18H2,1-2H3. The van der Waals surface area contributed by atoms with E-state index < -0.39 is 0 Å². The molecule has 0 aromatic heterocycles. The summed E-state index contributed by atoms with van der Waals surface area (Å²) in [6, 6.07) is 13.7. The number of nitrogens with two attached hydrogens (primary N) is 1. The molecule has 2 aromatic rings. The van der Waals surface area contributed by atoms with Crippen molar-refractivity contribution in [2.24, 2.45) is 5.73 Å². The van der Waals surface area contributed by atoms with Crippen LogP contribution in [0.1, 0.15) is 18.1 Å². The molecule has 2 N–H and O–H groups in total. The van der Waals surface area contributed by atoms with E-state index in [0.29, 0.717) is 10.8 Å². The highest BCUT2D eigenvalue weighted by atomic mass is 35.5. The van der Waals surface area contributed by atoms with Crippen molar-refractivity contribution < 1.29 is 4.74 Å². The normalized spacial score (nSPS) is 12.2. The molecule has 0 aliphatic rings.